The fourth-order valence-corrected chi connectivity index (χ4v) is 5.53. The number of rotatable bonds is 10. The predicted octanol–water partition coefficient (Wildman–Crippen LogP) is -9.75. The molecule has 45 heavy (non-hydrogen) atoms. The second-order valence-electron chi connectivity index (χ2n) is 11.1. The quantitative estimate of drug-likeness (QED) is 0.103. The first-order chi connectivity index (χ1) is 21.3. The summed E-state index contributed by atoms with van der Waals surface area (Å²) in [5, 5.41) is 142. The highest BCUT2D eigenvalue weighted by molar-refractivity contribution is 4.98. The molecular formula is C24H42O21. The maximum Gasteiger partial charge on any atom is 0.187 e. The molecule has 0 aromatic heterocycles. The zero-order valence-corrected chi connectivity index (χ0v) is 23.5. The topological polar surface area (TPSA) is 348 Å². The van der Waals surface area contributed by atoms with Crippen LogP contribution >= 0.6 is 0 Å². The third kappa shape index (κ3) is 7.44. The minimum absolute atomic E-state index is 0.793. The molecule has 4 fully saturated rings. The van der Waals surface area contributed by atoms with Crippen LogP contribution in [0, 0.1) is 0 Å². The zero-order valence-electron chi connectivity index (χ0n) is 23.5. The predicted molar refractivity (Wildman–Crippen MR) is 134 cm³/mol. The Kier molecular flexibility index (Phi) is 12.8. The van der Waals surface area contributed by atoms with E-state index in [1.807, 2.05) is 0 Å². The van der Waals surface area contributed by atoms with E-state index in [1.165, 1.54) is 0 Å². The van der Waals surface area contributed by atoms with Crippen LogP contribution in [-0.4, -0.2) is 221 Å². The van der Waals surface area contributed by atoms with Gasteiger partial charge in [0.05, 0.1) is 26.4 Å². The Morgan fingerprint density at radius 2 is 0.689 bits per heavy atom. The SMILES string of the molecule is OC[C@H]1O[C@@H](O[C@H]2[C@@H](O[C@@H]3O[C@H](CO)[C@@H](OC4O[C@H](CO)[C@@H](O)[C@H](O)[C@@H]4O)[C@H](O)[C@H]3O)[C@@H](CO)OC(O)[C@@H]2O)[C@H](O)[C@@H](O)[C@@H]1O. The summed E-state index contributed by atoms with van der Waals surface area (Å²) in [6.07, 6.45) is -35.8. The van der Waals surface area contributed by atoms with Gasteiger partial charge >= 0.3 is 0 Å². The summed E-state index contributed by atoms with van der Waals surface area (Å²) in [6, 6.07) is 0. The Bertz CT molecular complexity index is 912. The molecule has 2 unspecified atom stereocenters. The van der Waals surface area contributed by atoms with Crippen molar-refractivity contribution in [2.45, 2.75) is 123 Å². The van der Waals surface area contributed by atoms with Crippen LogP contribution in [0.5, 0.6) is 0 Å². The third-order valence-corrected chi connectivity index (χ3v) is 8.20. The Balaban J connectivity index is 1.52. The van der Waals surface area contributed by atoms with Gasteiger partial charge in [0.25, 0.3) is 0 Å². The lowest BCUT2D eigenvalue weighted by molar-refractivity contribution is -0.392. The summed E-state index contributed by atoms with van der Waals surface area (Å²) in [7, 11) is 0. The number of hydrogen-bond donors (Lipinski definition) is 14. The van der Waals surface area contributed by atoms with Gasteiger partial charge in [-0.3, -0.25) is 0 Å². The molecular weight excluding hydrogens is 624 g/mol. The van der Waals surface area contributed by atoms with Gasteiger partial charge in [-0.1, -0.05) is 0 Å². The van der Waals surface area contributed by atoms with Crippen molar-refractivity contribution >= 4 is 0 Å². The fraction of sp³-hybridized carbons (Fsp3) is 1.00. The molecule has 20 atom stereocenters. The van der Waals surface area contributed by atoms with Crippen LogP contribution in [0.3, 0.4) is 0 Å². The van der Waals surface area contributed by atoms with E-state index in [0.29, 0.717) is 0 Å². The van der Waals surface area contributed by atoms with Crippen molar-refractivity contribution in [1.82, 2.24) is 0 Å². The van der Waals surface area contributed by atoms with Crippen molar-refractivity contribution in [3.63, 3.8) is 0 Å². The molecule has 0 aliphatic carbocycles. The molecule has 21 heteroatoms. The monoisotopic (exact) mass is 666 g/mol. The minimum atomic E-state index is -2.06. The van der Waals surface area contributed by atoms with Gasteiger partial charge in [0.1, 0.15) is 97.7 Å². The first-order valence-corrected chi connectivity index (χ1v) is 14.1. The van der Waals surface area contributed by atoms with Crippen LogP contribution in [-0.2, 0) is 33.2 Å². The lowest BCUT2D eigenvalue weighted by Crippen LogP contribution is -2.67. The standard InChI is InChI=1S/C24H42O21/c25-1-5-9(29)11(31)14(34)22(40-5)43-18-7(3-27)42-24(16(36)13(18)33)44-19-8(4-28)39-21(38)17(37)20(19)45-23-15(35)12(32)10(30)6(2-26)41-23/h5-38H,1-4H2/t5-,6-,7-,8-,9-,10-,11+,12+,13-,14+,15-,16-,17-,18-,19+,20-,21?,22?,23+,24+/m1/s1. The summed E-state index contributed by atoms with van der Waals surface area (Å²) in [5.74, 6) is 0. The molecule has 4 rings (SSSR count). The van der Waals surface area contributed by atoms with Crippen LogP contribution in [0.2, 0.25) is 0 Å². The normalized spacial score (nSPS) is 52.9. The van der Waals surface area contributed by atoms with Crippen LogP contribution < -0.4 is 0 Å². The molecule has 4 saturated heterocycles. The van der Waals surface area contributed by atoms with Crippen LogP contribution in [0.1, 0.15) is 0 Å². The van der Waals surface area contributed by atoms with Crippen molar-refractivity contribution < 1.29 is 105 Å². The molecule has 264 valence electrons. The van der Waals surface area contributed by atoms with E-state index in [0.717, 1.165) is 0 Å². The Morgan fingerprint density at radius 1 is 0.333 bits per heavy atom. The van der Waals surface area contributed by atoms with E-state index in [4.69, 9.17) is 33.2 Å². The maximum absolute atomic E-state index is 10.9. The first-order valence-electron chi connectivity index (χ1n) is 14.1. The molecule has 0 radical (unpaired) electrons. The molecule has 0 saturated carbocycles. The third-order valence-electron chi connectivity index (χ3n) is 8.20. The molecule has 0 spiro atoms. The highest BCUT2D eigenvalue weighted by Crippen LogP contribution is 2.34. The average molecular weight is 667 g/mol. The van der Waals surface area contributed by atoms with E-state index in [2.05, 4.69) is 0 Å². The maximum atomic E-state index is 10.9. The summed E-state index contributed by atoms with van der Waals surface area (Å²) in [5.41, 5.74) is 0. The van der Waals surface area contributed by atoms with E-state index in [-0.39, 0.29) is 0 Å². The molecule has 0 bridgehead atoms. The summed E-state index contributed by atoms with van der Waals surface area (Å²) in [6.45, 7) is -3.43. The van der Waals surface area contributed by atoms with Gasteiger partial charge in [0, 0.05) is 0 Å². The molecule has 4 aliphatic rings. The lowest BCUT2D eigenvalue weighted by atomic mass is 9.95. The van der Waals surface area contributed by atoms with Gasteiger partial charge in [-0.15, -0.1) is 0 Å². The smallest absolute Gasteiger partial charge is 0.187 e. The van der Waals surface area contributed by atoms with Crippen molar-refractivity contribution in [2.24, 2.45) is 0 Å². The van der Waals surface area contributed by atoms with Crippen LogP contribution in [0.15, 0.2) is 0 Å². The van der Waals surface area contributed by atoms with Crippen LogP contribution in [0.25, 0.3) is 0 Å². The largest absolute Gasteiger partial charge is 0.394 e. The Hall–Kier alpha value is -0.840. The number of ether oxygens (including phenoxy) is 7. The van der Waals surface area contributed by atoms with E-state index in [9.17, 15) is 71.5 Å². The van der Waals surface area contributed by atoms with Gasteiger partial charge in [-0.05, 0) is 0 Å². The van der Waals surface area contributed by atoms with Gasteiger partial charge in [-0.25, -0.2) is 0 Å². The summed E-state index contributed by atoms with van der Waals surface area (Å²) < 4.78 is 38.0. The zero-order chi connectivity index (χ0) is 33.3. The fourth-order valence-electron chi connectivity index (χ4n) is 5.53. The van der Waals surface area contributed by atoms with Crippen LogP contribution in [0.4, 0.5) is 0 Å². The van der Waals surface area contributed by atoms with Crippen molar-refractivity contribution in [1.29, 1.82) is 0 Å². The van der Waals surface area contributed by atoms with Crippen molar-refractivity contribution in [3.05, 3.63) is 0 Å². The van der Waals surface area contributed by atoms with Gasteiger partial charge in [-0.2, -0.15) is 0 Å². The highest BCUT2D eigenvalue weighted by atomic mass is 16.8. The van der Waals surface area contributed by atoms with E-state index < -0.39 is 149 Å². The lowest BCUT2D eigenvalue weighted by Gasteiger charge is -2.49. The molecule has 0 amide bonds. The molecule has 4 aliphatic heterocycles. The van der Waals surface area contributed by atoms with Gasteiger partial charge < -0.3 is 105 Å². The Labute approximate surface area is 254 Å². The summed E-state index contributed by atoms with van der Waals surface area (Å²) >= 11 is 0. The molecule has 14 N–H and O–H groups in total. The highest BCUT2D eigenvalue weighted by Gasteiger charge is 2.55. The summed E-state index contributed by atoms with van der Waals surface area (Å²) in [4.78, 5) is 0. The molecule has 4 heterocycles. The average Bonchev–Trinajstić information content (AvgIpc) is 3.03. The van der Waals surface area contributed by atoms with Gasteiger partial charge in [0.2, 0.25) is 0 Å². The number of aliphatic hydroxyl groups is 14. The molecule has 21 nitrogen and oxygen atoms in total. The number of aliphatic hydroxyl groups excluding tert-OH is 14. The first kappa shape index (κ1) is 37.0. The second kappa shape index (κ2) is 15.6. The molecule has 0 aromatic rings. The van der Waals surface area contributed by atoms with E-state index in [1.54, 1.807) is 0 Å². The van der Waals surface area contributed by atoms with Gasteiger partial charge in [0.15, 0.2) is 25.2 Å². The Morgan fingerprint density at radius 3 is 1.13 bits per heavy atom. The number of hydrogen-bond acceptors (Lipinski definition) is 21. The van der Waals surface area contributed by atoms with Crippen molar-refractivity contribution in [2.75, 3.05) is 26.4 Å². The van der Waals surface area contributed by atoms with E-state index >= 15 is 0 Å². The van der Waals surface area contributed by atoms with Crippen molar-refractivity contribution in [3.8, 4) is 0 Å². The second-order valence-corrected chi connectivity index (χ2v) is 11.1. The molecule has 0 aromatic carbocycles. The minimum Gasteiger partial charge on any atom is -0.394 e.